The maximum Gasteiger partial charge on any atom is 0.222 e. The summed E-state index contributed by atoms with van der Waals surface area (Å²) in [5, 5.41) is 0.720. The van der Waals surface area contributed by atoms with Crippen molar-refractivity contribution in [2.24, 2.45) is 0 Å². The summed E-state index contributed by atoms with van der Waals surface area (Å²) < 4.78 is 6.83. The van der Waals surface area contributed by atoms with E-state index in [0.29, 0.717) is 5.88 Å². The van der Waals surface area contributed by atoms with E-state index in [0.717, 1.165) is 31.9 Å². The molecule has 2 rings (SSSR count). The molecule has 18 heavy (non-hydrogen) atoms. The molecule has 0 N–H and O–H groups in total. The van der Waals surface area contributed by atoms with Gasteiger partial charge in [-0.05, 0) is 66.0 Å². The number of nitrogens with zero attached hydrogens (tertiary/aromatic N) is 1. The van der Waals surface area contributed by atoms with Crippen LogP contribution < -0.4 is 4.74 Å². The van der Waals surface area contributed by atoms with Gasteiger partial charge in [-0.25, -0.2) is 4.98 Å². The van der Waals surface area contributed by atoms with Gasteiger partial charge in [-0.1, -0.05) is 11.6 Å². The fourth-order valence-electron chi connectivity index (χ4n) is 1.79. The molecule has 2 nitrogen and oxygen atoms in total. The molecule has 0 aliphatic carbocycles. The molecule has 0 saturated carbocycles. The highest BCUT2D eigenvalue weighted by Gasteiger charge is 2.09. The topological polar surface area (TPSA) is 22.1 Å². The van der Waals surface area contributed by atoms with Crippen molar-refractivity contribution in [1.82, 2.24) is 4.98 Å². The predicted molar refractivity (Wildman–Crippen MR) is 77.7 cm³/mol. The van der Waals surface area contributed by atoms with E-state index in [1.165, 1.54) is 0 Å². The molecule has 0 radical (unpaired) electrons. The van der Waals surface area contributed by atoms with Gasteiger partial charge in [0.25, 0.3) is 0 Å². The Labute approximate surface area is 120 Å². The number of rotatable bonds is 2. The van der Waals surface area contributed by atoms with Gasteiger partial charge in [0, 0.05) is 21.3 Å². The Hall–Kier alpha value is -1.06. The Morgan fingerprint density at radius 3 is 2.22 bits per heavy atom. The molecule has 94 valence electrons. The third kappa shape index (κ3) is 2.85. The summed E-state index contributed by atoms with van der Waals surface area (Å²) in [4.78, 5) is 4.28. The van der Waals surface area contributed by atoms with Crippen molar-refractivity contribution in [3.05, 3.63) is 50.6 Å². The van der Waals surface area contributed by atoms with Crippen LogP contribution in [0.3, 0.4) is 0 Å². The first-order valence-electron chi connectivity index (χ1n) is 5.54. The fraction of sp³-hybridized carbons (Fsp3) is 0.214. The van der Waals surface area contributed by atoms with Crippen molar-refractivity contribution < 1.29 is 4.74 Å². The Balaban J connectivity index is 2.40. The SMILES string of the molecule is Cc1cc(Br)cnc1Oc1c(C)cc(Cl)cc1C. The quantitative estimate of drug-likeness (QED) is 0.755. The van der Waals surface area contributed by atoms with E-state index in [1.807, 2.05) is 39.0 Å². The molecule has 0 unspecified atom stereocenters. The van der Waals surface area contributed by atoms with E-state index in [1.54, 1.807) is 6.20 Å². The van der Waals surface area contributed by atoms with Gasteiger partial charge in [0.1, 0.15) is 5.75 Å². The lowest BCUT2D eigenvalue weighted by Crippen LogP contribution is -1.95. The minimum atomic E-state index is 0.617. The minimum absolute atomic E-state index is 0.617. The van der Waals surface area contributed by atoms with Gasteiger partial charge >= 0.3 is 0 Å². The van der Waals surface area contributed by atoms with Crippen molar-refractivity contribution in [2.75, 3.05) is 0 Å². The largest absolute Gasteiger partial charge is 0.438 e. The Kier molecular flexibility index (Phi) is 3.93. The van der Waals surface area contributed by atoms with E-state index < -0.39 is 0 Å². The number of pyridine rings is 1. The van der Waals surface area contributed by atoms with Gasteiger partial charge in [0.05, 0.1) is 0 Å². The second kappa shape index (κ2) is 5.29. The van der Waals surface area contributed by atoms with Crippen LogP contribution in [0.1, 0.15) is 16.7 Å². The number of hydrogen-bond donors (Lipinski definition) is 0. The third-order valence-electron chi connectivity index (χ3n) is 2.62. The average Bonchev–Trinajstić information content (AvgIpc) is 2.25. The first-order valence-corrected chi connectivity index (χ1v) is 6.71. The zero-order chi connectivity index (χ0) is 13.3. The molecule has 1 aromatic carbocycles. The van der Waals surface area contributed by atoms with Gasteiger partial charge in [-0.3, -0.25) is 0 Å². The van der Waals surface area contributed by atoms with Crippen LogP contribution in [0.5, 0.6) is 11.6 Å². The molecule has 1 heterocycles. The second-order valence-electron chi connectivity index (χ2n) is 4.25. The van der Waals surface area contributed by atoms with Crippen molar-refractivity contribution in [3.63, 3.8) is 0 Å². The van der Waals surface area contributed by atoms with Gasteiger partial charge in [-0.2, -0.15) is 0 Å². The van der Waals surface area contributed by atoms with Crippen LogP contribution in [0.4, 0.5) is 0 Å². The number of hydrogen-bond acceptors (Lipinski definition) is 2. The number of benzene rings is 1. The smallest absolute Gasteiger partial charge is 0.222 e. The molecule has 0 bridgehead atoms. The van der Waals surface area contributed by atoms with E-state index in [9.17, 15) is 0 Å². The number of halogens is 2. The molecule has 0 aliphatic rings. The van der Waals surface area contributed by atoms with Gasteiger partial charge in [-0.15, -0.1) is 0 Å². The maximum atomic E-state index is 6.00. The van der Waals surface area contributed by atoms with Gasteiger partial charge < -0.3 is 4.74 Å². The minimum Gasteiger partial charge on any atom is -0.438 e. The monoisotopic (exact) mass is 325 g/mol. The number of aryl methyl sites for hydroxylation is 3. The summed E-state index contributed by atoms with van der Waals surface area (Å²) in [5.74, 6) is 1.43. The van der Waals surface area contributed by atoms with Crippen LogP contribution in [-0.2, 0) is 0 Å². The van der Waals surface area contributed by atoms with E-state index in [-0.39, 0.29) is 0 Å². The van der Waals surface area contributed by atoms with E-state index in [4.69, 9.17) is 16.3 Å². The zero-order valence-corrected chi connectivity index (χ0v) is 12.8. The number of ether oxygens (including phenoxy) is 1. The first kappa shape index (κ1) is 13.4. The first-order chi connectivity index (χ1) is 8.47. The highest BCUT2D eigenvalue weighted by molar-refractivity contribution is 9.10. The Morgan fingerprint density at radius 1 is 1.06 bits per heavy atom. The van der Waals surface area contributed by atoms with E-state index >= 15 is 0 Å². The summed E-state index contributed by atoms with van der Waals surface area (Å²) in [5.41, 5.74) is 2.99. The molecule has 1 aromatic heterocycles. The molecule has 0 spiro atoms. The highest BCUT2D eigenvalue weighted by atomic mass is 79.9. The molecule has 4 heteroatoms. The lowest BCUT2D eigenvalue weighted by atomic mass is 10.1. The van der Waals surface area contributed by atoms with Crippen molar-refractivity contribution in [2.45, 2.75) is 20.8 Å². The summed E-state index contributed by atoms with van der Waals surface area (Å²) in [6.45, 7) is 5.92. The van der Waals surface area contributed by atoms with Crippen molar-refractivity contribution in [1.29, 1.82) is 0 Å². The van der Waals surface area contributed by atoms with Crippen LogP contribution in [0.2, 0.25) is 5.02 Å². The molecule has 0 aliphatic heterocycles. The molecular formula is C14H13BrClNO. The van der Waals surface area contributed by atoms with Crippen LogP contribution in [-0.4, -0.2) is 4.98 Å². The fourth-order valence-corrected chi connectivity index (χ4v) is 2.56. The normalized spacial score (nSPS) is 10.5. The Morgan fingerprint density at radius 2 is 1.67 bits per heavy atom. The highest BCUT2D eigenvalue weighted by Crippen LogP contribution is 2.32. The molecule has 0 saturated heterocycles. The van der Waals surface area contributed by atoms with E-state index in [2.05, 4.69) is 20.9 Å². The molecular weight excluding hydrogens is 314 g/mol. The lowest BCUT2D eigenvalue weighted by Gasteiger charge is -2.13. The molecule has 0 amide bonds. The van der Waals surface area contributed by atoms with Crippen LogP contribution in [0.25, 0.3) is 0 Å². The van der Waals surface area contributed by atoms with Crippen LogP contribution in [0.15, 0.2) is 28.9 Å². The second-order valence-corrected chi connectivity index (χ2v) is 5.60. The molecule has 2 aromatic rings. The summed E-state index contributed by atoms with van der Waals surface area (Å²) in [7, 11) is 0. The van der Waals surface area contributed by atoms with Gasteiger partial charge in [0.2, 0.25) is 5.88 Å². The van der Waals surface area contributed by atoms with Crippen molar-refractivity contribution in [3.8, 4) is 11.6 Å². The third-order valence-corrected chi connectivity index (χ3v) is 3.27. The van der Waals surface area contributed by atoms with Gasteiger partial charge in [0.15, 0.2) is 0 Å². The lowest BCUT2D eigenvalue weighted by molar-refractivity contribution is 0.452. The zero-order valence-electron chi connectivity index (χ0n) is 10.4. The Bertz CT molecular complexity index is 575. The summed E-state index contributed by atoms with van der Waals surface area (Å²) in [6, 6.07) is 5.75. The van der Waals surface area contributed by atoms with Crippen molar-refractivity contribution >= 4 is 27.5 Å². The summed E-state index contributed by atoms with van der Waals surface area (Å²) in [6.07, 6.45) is 1.73. The predicted octanol–water partition coefficient (Wildman–Crippen LogP) is 5.22. The van der Waals surface area contributed by atoms with Crippen LogP contribution in [0, 0.1) is 20.8 Å². The number of aromatic nitrogens is 1. The van der Waals surface area contributed by atoms with Crippen LogP contribution >= 0.6 is 27.5 Å². The standard InChI is InChI=1S/C14H13BrClNO/c1-8-5-12(16)6-9(2)13(8)18-14-10(3)4-11(15)7-17-14/h4-7H,1-3H3. The average molecular weight is 327 g/mol. The molecule has 0 atom stereocenters. The molecule has 0 fully saturated rings. The summed E-state index contributed by atoms with van der Waals surface area (Å²) >= 11 is 9.38. The maximum absolute atomic E-state index is 6.00.